The summed E-state index contributed by atoms with van der Waals surface area (Å²) in [6.45, 7) is 6.05. The topological polar surface area (TPSA) is 30.5 Å². The van der Waals surface area contributed by atoms with Gasteiger partial charge in [-0.05, 0) is 50.9 Å². The van der Waals surface area contributed by atoms with Gasteiger partial charge in [0.25, 0.3) is 0 Å². The minimum absolute atomic E-state index is 0.0943. The first kappa shape index (κ1) is 17.3. The summed E-state index contributed by atoms with van der Waals surface area (Å²) < 4.78 is 11.1. The Balaban J connectivity index is 2.54. The number of nitrogens with one attached hydrogen (secondary N) is 1. The van der Waals surface area contributed by atoms with Crippen LogP contribution >= 0.6 is 11.6 Å². The predicted octanol–water partition coefficient (Wildman–Crippen LogP) is 3.90. The van der Waals surface area contributed by atoms with Crippen LogP contribution in [0.5, 0.6) is 5.75 Å². The van der Waals surface area contributed by atoms with Crippen LogP contribution in [0.2, 0.25) is 5.02 Å². The summed E-state index contributed by atoms with van der Waals surface area (Å²) in [5.41, 5.74) is 0. The van der Waals surface area contributed by atoms with Crippen LogP contribution in [0.3, 0.4) is 0 Å². The molecule has 1 N–H and O–H groups in total. The van der Waals surface area contributed by atoms with E-state index in [1.165, 1.54) is 0 Å². The molecule has 114 valence electrons. The van der Waals surface area contributed by atoms with Crippen LogP contribution in [-0.4, -0.2) is 32.4 Å². The van der Waals surface area contributed by atoms with E-state index in [-0.39, 0.29) is 6.10 Å². The van der Waals surface area contributed by atoms with Gasteiger partial charge in [-0.2, -0.15) is 0 Å². The number of ether oxygens (including phenoxy) is 2. The van der Waals surface area contributed by atoms with E-state index in [4.69, 9.17) is 21.1 Å². The molecule has 2 unspecified atom stereocenters. The highest BCUT2D eigenvalue weighted by Gasteiger charge is 2.18. The molecule has 0 saturated heterocycles. The van der Waals surface area contributed by atoms with Gasteiger partial charge in [-0.25, -0.2) is 0 Å². The van der Waals surface area contributed by atoms with Crippen molar-refractivity contribution >= 4 is 11.6 Å². The van der Waals surface area contributed by atoms with Gasteiger partial charge in [0.15, 0.2) is 0 Å². The summed E-state index contributed by atoms with van der Waals surface area (Å²) in [7, 11) is 1.74. The molecule has 0 bridgehead atoms. The molecule has 0 radical (unpaired) electrons. The third kappa shape index (κ3) is 6.60. The highest BCUT2D eigenvalue weighted by atomic mass is 35.5. The molecule has 0 spiro atoms. The molecule has 4 heteroatoms. The summed E-state index contributed by atoms with van der Waals surface area (Å²) >= 11 is 5.98. The molecule has 2 atom stereocenters. The average Bonchev–Trinajstić information content (AvgIpc) is 2.42. The van der Waals surface area contributed by atoms with Crippen LogP contribution in [-0.2, 0) is 4.74 Å². The normalized spacial score (nSPS) is 14.0. The number of hydrogen-bond acceptors (Lipinski definition) is 3. The fourth-order valence-corrected chi connectivity index (χ4v) is 2.30. The van der Waals surface area contributed by atoms with Crippen molar-refractivity contribution in [3.8, 4) is 5.75 Å². The molecule has 1 aromatic carbocycles. The summed E-state index contributed by atoms with van der Waals surface area (Å²) in [5.74, 6) is 0.819. The zero-order valence-electron chi connectivity index (χ0n) is 12.7. The molecule has 1 rings (SSSR count). The predicted molar refractivity (Wildman–Crippen MR) is 84.7 cm³/mol. The van der Waals surface area contributed by atoms with Crippen LogP contribution in [0.15, 0.2) is 24.3 Å². The second-order valence-corrected chi connectivity index (χ2v) is 5.41. The zero-order chi connectivity index (χ0) is 14.8. The Kier molecular flexibility index (Phi) is 8.67. The van der Waals surface area contributed by atoms with Crippen molar-refractivity contribution in [2.24, 2.45) is 0 Å². The monoisotopic (exact) mass is 299 g/mol. The van der Waals surface area contributed by atoms with Crippen LogP contribution < -0.4 is 10.1 Å². The molecule has 0 aliphatic rings. The van der Waals surface area contributed by atoms with Crippen LogP contribution in [0, 0.1) is 0 Å². The minimum Gasteiger partial charge on any atom is -0.489 e. The van der Waals surface area contributed by atoms with Crippen molar-refractivity contribution in [2.75, 3.05) is 20.3 Å². The van der Waals surface area contributed by atoms with Gasteiger partial charge >= 0.3 is 0 Å². The average molecular weight is 300 g/mol. The molecule has 0 fully saturated rings. The Morgan fingerprint density at radius 3 is 2.80 bits per heavy atom. The van der Waals surface area contributed by atoms with Crippen molar-refractivity contribution < 1.29 is 9.47 Å². The van der Waals surface area contributed by atoms with Gasteiger partial charge < -0.3 is 14.8 Å². The van der Waals surface area contributed by atoms with Gasteiger partial charge in [0.05, 0.1) is 0 Å². The van der Waals surface area contributed by atoms with Gasteiger partial charge in [0.2, 0.25) is 0 Å². The van der Waals surface area contributed by atoms with E-state index in [9.17, 15) is 0 Å². The molecular formula is C16H26ClNO2. The lowest BCUT2D eigenvalue weighted by Gasteiger charge is -2.26. The van der Waals surface area contributed by atoms with Gasteiger partial charge in [-0.15, -0.1) is 0 Å². The van der Waals surface area contributed by atoms with E-state index < -0.39 is 0 Å². The zero-order valence-corrected chi connectivity index (χ0v) is 13.5. The van der Waals surface area contributed by atoms with Crippen molar-refractivity contribution in [1.82, 2.24) is 5.32 Å². The quantitative estimate of drug-likeness (QED) is 0.665. The summed E-state index contributed by atoms with van der Waals surface area (Å²) in [4.78, 5) is 0. The van der Waals surface area contributed by atoms with Gasteiger partial charge in [-0.1, -0.05) is 24.6 Å². The van der Waals surface area contributed by atoms with Crippen LogP contribution in [0.1, 0.15) is 33.1 Å². The third-order valence-corrected chi connectivity index (χ3v) is 3.44. The molecule has 0 aliphatic heterocycles. The van der Waals surface area contributed by atoms with E-state index >= 15 is 0 Å². The SMILES string of the molecule is CCCNC(CCCOC)C(C)Oc1cccc(Cl)c1. The Hall–Kier alpha value is -0.770. The van der Waals surface area contributed by atoms with Crippen molar-refractivity contribution in [2.45, 2.75) is 45.3 Å². The van der Waals surface area contributed by atoms with Crippen LogP contribution in [0.25, 0.3) is 0 Å². The van der Waals surface area contributed by atoms with E-state index in [0.717, 1.165) is 38.2 Å². The Labute approximate surface area is 127 Å². The first-order chi connectivity index (χ1) is 9.67. The second-order valence-electron chi connectivity index (χ2n) is 4.98. The van der Waals surface area contributed by atoms with E-state index in [1.54, 1.807) is 7.11 Å². The number of halogens is 1. The number of benzene rings is 1. The second kappa shape index (κ2) is 10.0. The molecule has 20 heavy (non-hydrogen) atoms. The number of methoxy groups -OCH3 is 1. The fourth-order valence-electron chi connectivity index (χ4n) is 2.12. The molecule has 0 amide bonds. The molecule has 0 heterocycles. The maximum absolute atomic E-state index is 6.00. The lowest BCUT2D eigenvalue weighted by atomic mass is 10.1. The molecular weight excluding hydrogens is 274 g/mol. The molecule has 0 saturated carbocycles. The van der Waals surface area contributed by atoms with Gasteiger partial charge in [0.1, 0.15) is 11.9 Å². The summed E-state index contributed by atoms with van der Waals surface area (Å²) in [5, 5.41) is 4.25. The van der Waals surface area contributed by atoms with E-state index in [0.29, 0.717) is 11.1 Å². The lowest BCUT2D eigenvalue weighted by molar-refractivity contribution is 0.146. The van der Waals surface area contributed by atoms with Gasteiger partial charge in [-0.3, -0.25) is 0 Å². The fraction of sp³-hybridized carbons (Fsp3) is 0.625. The summed E-state index contributed by atoms with van der Waals surface area (Å²) in [6.07, 6.45) is 3.28. The maximum Gasteiger partial charge on any atom is 0.121 e. The van der Waals surface area contributed by atoms with E-state index in [2.05, 4.69) is 19.2 Å². The molecule has 3 nitrogen and oxygen atoms in total. The Bertz CT molecular complexity index is 373. The Morgan fingerprint density at radius 2 is 2.15 bits per heavy atom. The first-order valence-electron chi connectivity index (χ1n) is 7.32. The smallest absolute Gasteiger partial charge is 0.121 e. The van der Waals surface area contributed by atoms with Crippen LogP contribution in [0.4, 0.5) is 0 Å². The summed E-state index contributed by atoms with van der Waals surface area (Å²) in [6, 6.07) is 7.87. The van der Waals surface area contributed by atoms with Crippen molar-refractivity contribution in [1.29, 1.82) is 0 Å². The first-order valence-corrected chi connectivity index (χ1v) is 7.69. The maximum atomic E-state index is 6.00. The van der Waals surface area contributed by atoms with Crippen molar-refractivity contribution in [3.05, 3.63) is 29.3 Å². The largest absolute Gasteiger partial charge is 0.489 e. The number of rotatable bonds is 10. The highest BCUT2D eigenvalue weighted by molar-refractivity contribution is 6.30. The third-order valence-electron chi connectivity index (χ3n) is 3.20. The van der Waals surface area contributed by atoms with E-state index in [1.807, 2.05) is 24.3 Å². The standard InChI is InChI=1S/C16H26ClNO2/c1-4-10-18-16(9-6-11-19-3)13(2)20-15-8-5-7-14(17)12-15/h5,7-8,12-13,16,18H,4,6,9-11H2,1-3H3. The van der Waals surface area contributed by atoms with Crippen molar-refractivity contribution in [3.63, 3.8) is 0 Å². The van der Waals surface area contributed by atoms with Gasteiger partial charge in [0, 0.05) is 24.8 Å². The molecule has 1 aromatic rings. The number of hydrogen-bond donors (Lipinski definition) is 1. The minimum atomic E-state index is 0.0943. The molecule has 0 aliphatic carbocycles. The lowest BCUT2D eigenvalue weighted by Crippen LogP contribution is -2.42. The molecule has 0 aromatic heterocycles. The highest BCUT2D eigenvalue weighted by Crippen LogP contribution is 2.20. The Morgan fingerprint density at radius 1 is 1.35 bits per heavy atom.